The zero-order valence-electron chi connectivity index (χ0n) is 10.8. The fourth-order valence-electron chi connectivity index (χ4n) is 1.70. The van der Waals surface area contributed by atoms with E-state index in [9.17, 15) is 26.7 Å². The molecule has 0 fully saturated rings. The van der Waals surface area contributed by atoms with Crippen molar-refractivity contribution in [2.75, 3.05) is 11.1 Å². The van der Waals surface area contributed by atoms with Crippen molar-refractivity contribution >= 4 is 17.3 Å². The molecule has 3 N–H and O–H groups in total. The van der Waals surface area contributed by atoms with Crippen molar-refractivity contribution in [1.29, 1.82) is 0 Å². The van der Waals surface area contributed by atoms with Gasteiger partial charge in [0.2, 0.25) is 0 Å². The molecule has 22 heavy (non-hydrogen) atoms. The average Bonchev–Trinajstić information content (AvgIpc) is 2.42. The van der Waals surface area contributed by atoms with Gasteiger partial charge in [0.05, 0.1) is 16.8 Å². The van der Waals surface area contributed by atoms with Crippen LogP contribution in [0.15, 0.2) is 36.4 Å². The van der Waals surface area contributed by atoms with Crippen LogP contribution in [0.5, 0.6) is 0 Å². The SMILES string of the molecule is Nc1ccc(F)c(NC(=O)c2cc(C(F)(F)F)ccc2F)c1. The minimum absolute atomic E-state index is 0.126. The number of nitrogen functional groups attached to an aromatic ring is 1. The van der Waals surface area contributed by atoms with Crippen LogP contribution in [0.1, 0.15) is 15.9 Å². The van der Waals surface area contributed by atoms with E-state index in [2.05, 4.69) is 0 Å². The maximum atomic E-state index is 13.5. The summed E-state index contributed by atoms with van der Waals surface area (Å²) in [6, 6.07) is 4.65. The fourth-order valence-corrected chi connectivity index (χ4v) is 1.70. The molecule has 0 aromatic heterocycles. The number of amides is 1. The molecular formula is C14H9F5N2O. The van der Waals surface area contributed by atoms with Crippen LogP contribution < -0.4 is 11.1 Å². The van der Waals surface area contributed by atoms with E-state index in [1.165, 1.54) is 6.07 Å². The molecule has 2 aromatic carbocycles. The van der Waals surface area contributed by atoms with Crippen molar-refractivity contribution in [1.82, 2.24) is 0 Å². The number of halogens is 5. The number of alkyl halides is 3. The average molecular weight is 316 g/mol. The van der Waals surface area contributed by atoms with Crippen LogP contribution in [0.25, 0.3) is 0 Å². The molecule has 0 unspecified atom stereocenters. The highest BCUT2D eigenvalue weighted by molar-refractivity contribution is 6.04. The zero-order chi connectivity index (χ0) is 16.5. The molecule has 0 atom stereocenters. The quantitative estimate of drug-likeness (QED) is 0.654. The lowest BCUT2D eigenvalue weighted by Crippen LogP contribution is -2.16. The maximum Gasteiger partial charge on any atom is 0.416 e. The van der Waals surface area contributed by atoms with Gasteiger partial charge in [0.25, 0.3) is 5.91 Å². The Morgan fingerprint density at radius 1 is 1.00 bits per heavy atom. The molecule has 2 rings (SSSR count). The summed E-state index contributed by atoms with van der Waals surface area (Å²) in [5.41, 5.74) is 3.14. The minimum atomic E-state index is -4.73. The number of carbonyl (C=O) groups excluding carboxylic acids is 1. The zero-order valence-corrected chi connectivity index (χ0v) is 10.8. The second-order valence-corrected chi connectivity index (χ2v) is 4.39. The van der Waals surface area contributed by atoms with Crippen molar-refractivity contribution in [2.24, 2.45) is 0 Å². The Morgan fingerprint density at radius 3 is 2.27 bits per heavy atom. The van der Waals surface area contributed by atoms with E-state index in [1.54, 1.807) is 0 Å². The highest BCUT2D eigenvalue weighted by atomic mass is 19.4. The molecule has 0 saturated heterocycles. The smallest absolute Gasteiger partial charge is 0.399 e. The first-order valence-electron chi connectivity index (χ1n) is 5.91. The number of benzene rings is 2. The Kier molecular flexibility index (Phi) is 4.03. The van der Waals surface area contributed by atoms with Gasteiger partial charge in [-0.3, -0.25) is 4.79 Å². The predicted molar refractivity (Wildman–Crippen MR) is 70.2 cm³/mol. The normalized spacial score (nSPS) is 11.3. The second-order valence-electron chi connectivity index (χ2n) is 4.39. The van der Waals surface area contributed by atoms with E-state index >= 15 is 0 Å². The Labute approximate surface area is 121 Å². The molecule has 0 aliphatic heterocycles. The molecule has 0 heterocycles. The van der Waals surface area contributed by atoms with Gasteiger partial charge in [0.15, 0.2) is 0 Å². The third kappa shape index (κ3) is 3.33. The lowest BCUT2D eigenvalue weighted by atomic mass is 10.1. The van der Waals surface area contributed by atoms with Crippen LogP contribution >= 0.6 is 0 Å². The molecule has 0 saturated carbocycles. The van der Waals surface area contributed by atoms with E-state index in [-0.39, 0.29) is 11.4 Å². The highest BCUT2D eigenvalue weighted by Gasteiger charge is 2.32. The Balaban J connectivity index is 2.35. The Morgan fingerprint density at radius 2 is 1.64 bits per heavy atom. The third-order valence-corrected chi connectivity index (χ3v) is 2.78. The molecular weight excluding hydrogens is 307 g/mol. The van der Waals surface area contributed by atoms with Crippen LogP contribution in [-0.4, -0.2) is 5.91 Å². The van der Waals surface area contributed by atoms with E-state index < -0.39 is 34.8 Å². The number of rotatable bonds is 2. The van der Waals surface area contributed by atoms with Gasteiger partial charge >= 0.3 is 6.18 Å². The van der Waals surface area contributed by atoms with Crippen molar-refractivity contribution in [2.45, 2.75) is 6.18 Å². The molecule has 0 spiro atoms. The van der Waals surface area contributed by atoms with E-state index in [0.29, 0.717) is 18.2 Å². The number of carbonyl (C=O) groups is 1. The second kappa shape index (κ2) is 5.63. The molecule has 2 aromatic rings. The highest BCUT2D eigenvalue weighted by Crippen LogP contribution is 2.30. The van der Waals surface area contributed by atoms with Crippen LogP contribution in [0, 0.1) is 11.6 Å². The fraction of sp³-hybridized carbons (Fsp3) is 0.0714. The monoisotopic (exact) mass is 316 g/mol. The number of hydrogen-bond donors (Lipinski definition) is 2. The molecule has 0 bridgehead atoms. The first-order valence-corrected chi connectivity index (χ1v) is 5.91. The topological polar surface area (TPSA) is 55.1 Å². The van der Waals surface area contributed by atoms with Gasteiger partial charge < -0.3 is 11.1 Å². The minimum Gasteiger partial charge on any atom is -0.399 e. The molecule has 8 heteroatoms. The molecule has 0 aliphatic carbocycles. The summed E-state index contributed by atoms with van der Waals surface area (Å²) in [6.45, 7) is 0. The standard InChI is InChI=1S/C14H9F5N2O/c15-10-3-1-7(14(17,18)19)5-9(10)13(22)21-12-6-8(20)2-4-11(12)16/h1-6H,20H2,(H,21,22). The third-order valence-electron chi connectivity index (χ3n) is 2.78. The summed E-state index contributed by atoms with van der Waals surface area (Å²) >= 11 is 0. The molecule has 0 aliphatic rings. The summed E-state index contributed by atoms with van der Waals surface area (Å²) in [5.74, 6) is -3.22. The number of nitrogens with one attached hydrogen (secondary N) is 1. The van der Waals surface area contributed by atoms with E-state index in [1.807, 2.05) is 5.32 Å². The van der Waals surface area contributed by atoms with Gasteiger partial charge in [-0.15, -0.1) is 0 Å². The van der Waals surface area contributed by atoms with Gasteiger partial charge in [0.1, 0.15) is 11.6 Å². The van der Waals surface area contributed by atoms with Gasteiger partial charge in [-0.2, -0.15) is 13.2 Å². The number of anilines is 2. The van der Waals surface area contributed by atoms with Gasteiger partial charge in [-0.05, 0) is 36.4 Å². The summed E-state index contributed by atoms with van der Waals surface area (Å²) in [4.78, 5) is 11.9. The van der Waals surface area contributed by atoms with Crippen molar-refractivity contribution in [3.63, 3.8) is 0 Å². The van der Waals surface area contributed by atoms with E-state index in [0.717, 1.165) is 12.1 Å². The Hall–Kier alpha value is -2.64. The predicted octanol–water partition coefficient (Wildman–Crippen LogP) is 3.82. The maximum absolute atomic E-state index is 13.5. The molecule has 1 amide bonds. The van der Waals surface area contributed by atoms with Gasteiger partial charge in [-0.1, -0.05) is 0 Å². The summed E-state index contributed by atoms with van der Waals surface area (Å²) in [7, 11) is 0. The molecule has 0 radical (unpaired) electrons. The summed E-state index contributed by atoms with van der Waals surface area (Å²) in [5, 5.41) is 1.99. The van der Waals surface area contributed by atoms with Gasteiger partial charge in [-0.25, -0.2) is 8.78 Å². The van der Waals surface area contributed by atoms with Crippen molar-refractivity contribution in [3.05, 3.63) is 59.2 Å². The first-order chi connectivity index (χ1) is 10.2. The Bertz CT molecular complexity index is 728. The van der Waals surface area contributed by atoms with Crippen LogP contribution in [0.4, 0.5) is 33.3 Å². The van der Waals surface area contributed by atoms with Crippen LogP contribution in [0.3, 0.4) is 0 Å². The summed E-state index contributed by atoms with van der Waals surface area (Å²) < 4.78 is 64.7. The van der Waals surface area contributed by atoms with Crippen molar-refractivity contribution < 1.29 is 26.7 Å². The van der Waals surface area contributed by atoms with E-state index in [4.69, 9.17) is 5.73 Å². The van der Waals surface area contributed by atoms with Crippen LogP contribution in [0.2, 0.25) is 0 Å². The molecule has 116 valence electrons. The molecule has 3 nitrogen and oxygen atoms in total. The lowest BCUT2D eigenvalue weighted by Gasteiger charge is -2.11. The van der Waals surface area contributed by atoms with Crippen molar-refractivity contribution in [3.8, 4) is 0 Å². The first kappa shape index (κ1) is 15.7. The lowest BCUT2D eigenvalue weighted by molar-refractivity contribution is -0.137. The number of hydrogen-bond acceptors (Lipinski definition) is 2. The summed E-state index contributed by atoms with van der Waals surface area (Å²) in [6.07, 6.45) is -4.73. The number of nitrogens with two attached hydrogens (primary N) is 1. The van der Waals surface area contributed by atoms with Crippen LogP contribution in [-0.2, 0) is 6.18 Å². The van der Waals surface area contributed by atoms with Gasteiger partial charge in [0, 0.05) is 5.69 Å². The largest absolute Gasteiger partial charge is 0.416 e.